The second kappa shape index (κ2) is 4.86. The van der Waals surface area contributed by atoms with Crippen LogP contribution in [0.15, 0.2) is 16.8 Å². The normalized spacial score (nSPS) is 26.6. The summed E-state index contributed by atoms with van der Waals surface area (Å²) in [6, 6.07) is 3.23. The molecule has 2 unspecified atom stereocenters. The van der Waals surface area contributed by atoms with Gasteiger partial charge in [-0.05, 0) is 56.0 Å². The largest absolute Gasteiger partial charge is 0.375 e. The van der Waals surface area contributed by atoms with Crippen molar-refractivity contribution in [1.82, 2.24) is 5.32 Å². The van der Waals surface area contributed by atoms with Gasteiger partial charge in [-0.25, -0.2) is 0 Å². The van der Waals surface area contributed by atoms with Gasteiger partial charge in [0.15, 0.2) is 0 Å². The first-order chi connectivity index (χ1) is 7.57. The Bertz CT molecular complexity index is 321. The van der Waals surface area contributed by atoms with Gasteiger partial charge in [0.1, 0.15) is 0 Å². The molecule has 2 heterocycles. The average molecular weight is 239 g/mol. The molecule has 0 aliphatic carbocycles. The van der Waals surface area contributed by atoms with Crippen LogP contribution in [-0.4, -0.2) is 18.2 Å². The molecule has 0 bridgehead atoms. The van der Waals surface area contributed by atoms with Crippen LogP contribution in [0.3, 0.4) is 0 Å². The van der Waals surface area contributed by atoms with Crippen molar-refractivity contribution in [3.05, 3.63) is 22.4 Å². The molecule has 0 saturated carbocycles. The minimum atomic E-state index is 0.0320. The van der Waals surface area contributed by atoms with Crippen LogP contribution in [0.5, 0.6) is 0 Å². The van der Waals surface area contributed by atoms with Gasteiger partial charge in [-0.15, -0.1) is 0 Å². The highest BCUT2D eigenvalue weighted by Crippen LogP contribution is 2.26. The van der Waals surface area contributed by atoms with Crippen molar-refractivity contribution in [2.24, 2.45) is 0 Å². The lowest BCUT2D eigenvalue weighted by atomic mass is 9.93. The van der Waals surface area contributed by atoms with Crippen LogP contribution in [0.25, 0.3) is 0 Å². The number of hydrogen-bond acceptors (Lipinski definition) is 3. The van der Waals surface area contributed by atoms with Gasteiger partial charge >= 0.3 is 0 Å². The highest BCUT2D eigenvalue weighted by atomic mass is 32.1. The Morgan fingerprint density at radius 3 is 3.00 bits per heavy atom. The molecule has 1 fully saturated rings. The number of rotatable bonds is 3. The van der Waals surface area contributed by atoms with Crippen LogP contribution in [-0.2, 0) is 4.74 Å². The molecule has 3 heteroatoms. The lowest BCUT2D eigenvalue weighted by molar-refractivity contribution is -0.0639. The van der Waals surface area contributed by atoms with Gasteiger partial charge < -0.3 is 10.1 Å². The summed E-state index contributed by atoms with van der Waals surface area (Å²) in [7, 11) is 0. The Morgan fingerprint density at radius 1 is 1.56 bits per heavy atom. The van der Waals surface area contributed by atoms with Gasteiger partial charge in [0.25, 0.3) is 0 Å². The molecule has 16 heavy (non-hydrogen) atoms. The zero-order valence-corrected chi connectivity index (χ0v) is 11.1. The van der Waals surface area contributed by atoms with Crippen molar-refractivity contribution in [3.63, 3.8) is 0 Å². The van der Waals surface area contributed by atoms with E-state index in [-0.39, 0.29) is 5.60 Å². The van der Waals surface area contributed by atoms with Crippen LogP contribution in [0.4, 0.5) is 0 Å². The first-order valence-corrected chi connectivity index (χ1v) is 6.93. The molecule has 1 aromatic heterocycles. The molecule has 0 aromatic carbocycles. The van der Waals surface area contributed by atoms with Crippen molar-refractivity contribution in [2.75, 3.05) is 6.61 Å². The van der Waals surface area contributed by atoms with Crippen molar-refractivity contribution >= 4 is 11.3 Å². The average Bonchev–Trinajstić information content (AvgIpc) is 2.68. The monoisotopic (exact) mass is 239 g/mol. The van der Waals surface area contributed by atoms with Gasteiger partial charge in [0, 0.05) is 18.7 Å². The van der Waals surface area contributed by atoms with E-state index in [1.54, 1.807) is 11.3 Å². The Kier molecular flexibility index (Phi) is 3.67. The maximum absolute atomic E-state index is 5.73. The summed E-state index contributed by atoms with van der Waals surface area (Å²) in [4.78, 5) is 0. The van der Waals surface area contributed by atoms with Crippen molar-refractivity contribution in [2.45, 2.75) is 51.3 Å². The molecule has 0 spiro atoms. The first-order valence-electron chi connectivity index (χ1n) is 5.99. The van der Waals surface area contributed by atoms with E-state index in [0.29, 0.717) is 12.1 Å². The van der Waals surface area contributed by atoms with Gasteiger partial charge in [-0.1, -0.05) is 0 Å². The van der Waals surface area contributed by atoms with Gasteiger partial charge in [0.2, 0.25) is 0 Å². The summed E-state index contributed by atoms with van der Waals surface area (Å²) in [6.07, 6.45) is 2.22. The molecule has 2 atom stereocenters. The molecule has 1 aliphatic heterocycles. The molecule has 2 rings (SSSR count). The lowest BCUT2D eigenvalue weighted by Gasteiger charge is -2.37. The molecular formula is C13H21NOS. The maximum Gasteiger partial charge on any atom is 0.0641 e. The second-order valence-electron chi connectivity index (χ2n) is 5.24. The summed E-state index contributed by atoms with van der Waals surface area (Å²) in [5.41, 5.74) is 1.43. The highest BCUT2D eigenvalue weighted by Gasteiger charge is 2.29. The third-order valence-electron chi connectivity index (χ3n) is 3.23. The standard InChI is InChI=1S/C13H21NOS/c1-10(11-5-7-16-9-11)14-12-4-6-15-13(2,3)8-12/h5,7,9-10,12,14H,4,6,8H2,1-3H3. The molecule has 90 valence electrons. The quantitative estimate of drug-likeness (QED) is 0.873. The molecule has 1 aliphatic rings. The Hall–Kier alpha value is -0.380. The van der Waals surface area contributed by atoms with Crippen LogP contribution < -0.4 is 5.32 Å². The van der Waals surface area contributed by atoms with Crippen LogP contribution in [0, 0.1) is 0 Å². The maximum atomic E-state index is 5.73. The molecule has 1 aromatic rings. The molecule has 1 saturated heterocycles. The van der Waals surface area contributed by atoms with Crippen molar-refractivity contribution in [3.8, 4) is 0 Å². The summed E-state index contributed by atoms with van der Waals surface area (Å²) in [5.74, 6) is 0. The lowest BCUT2D eigenvalue weighted by Crippen LogP contribution is -2.44. The SMILES string of the molecule is CC(NC1CCOC(C)(C)C1)c1ccsc1. The Balaban J connectivity index is 1.90. The van der Waals surface area contributed by atoms with Crippen LogP contribution >= 0.6 is 11.3 Å². The smallest absolute Gasteiger partial charge is 0.0641 e. The fourth-order valence-electron chi connectivity index (χ4n) is 2.35. The molecule has 0 amide bonds. The van der Waals surface area contributed by atoms with E-state index in [9.17, 15) is 0 Å². The Labute approximate surface area is 102 Å². The van der Waals surface area contributed by atoms with E-state index in [1.165, 1.54) is 5.56 Å². The first kappa shape index (κ1) is 12.1. The molecule has 0 radical (unpaired) electrons. The number of hydrogen-bond donors (Lipinski definition) is 1. The summed E-state index contributed by atoms with van der Waals surface area (Å²) >= 11 is 1.77. The number of thiophene rings is 1. The summed E-state index contributed by atoms with van der Waals surface area (Å²) < 4.78 is 5.73. The van der Waals surface area contributed by atoms with E-state index in [0.717, 1.165) is 19.4 Å². The van der Waals surface area contributed by atoms with Crippen LogP contribution in [0.1, 0.15) is 45.2 Å². The van der Waals surface area contributed by atoms with Crippen molar-refractivity contribution in [1.29, 1.82) is 0 Å². The Morgan fingerprint density at radius 2 is 2.38 bits per heavy atom. The molecule has 2 nitrogen and oxygen atoms in total. The van der Waals surface area contributed by atoms with E-state index in [1.807, 2.05) is 0 Å². The summed E-state index contributed by atoms with van der Waals surface area (Å²) in [6.45, 7) is 7.47. The zero-order valence-electron chi connectivity index (χ0n) is 10.3. The second-order valence-corrected chi connectivity index (χ2v) is 6.02. The minimum absolute atomic E-state index is 0.0320. The van der Waals surface area contributed by atoms with E-state index < -0.39 is 0 Å². The minimum Gasteiger partial charge on any atom is -0.375 e. The van der Waals surface area contributed by atoms with Gasteiger partial charge in [-0.3, -0.25) is 0 Å². The predicted molar refractivity (Wildman–Crippen MR) is 68.9 cm³/mol. The topological polar surface area (TPSA) is 21.3 Å². The van der Waals surface area contributed by atoms with E-state index in [4.69, 9.17) is 4.74 Å². The molecule has 1 N–H and O–H groups in total. The highest BCUT2D eigenvalue weighted by molar-refractivity contribution is 7.07. The summed E-state index contributed by atoms with van der Waals surface area (Å²) in [5, 5.41) is 8.07. The fraction of sp³-hybridized carbons (Fsp3) is 0.692. The predicted octanol–water partition coefficient (Wildman–Crippen LogP) is 3.36. The molecular weight excluding hydrogens is 218 g/mol. The number of nitrogens with one attached hydrogen (secondary N) is 1. The van der Waals surface area contributed by atoms with Gasteiger partial charge in [-0.2, -0.15) is 11.3 Å². The zero-order chi connectivity index (χ0) is 11.6. The van der Waals surface area contributed by atoms with E-state index in [2.05, 4.69) is 42.9 Å². The van der Waals surface area contributed by atoms with Gasteiger partial charge in [0.05, 0.1) is 5.60 Å². The van der Waals surface area contributed by atoms with Crippen molar-refractivity contribution < 1.29 is 4.74 Å². The van der Waals surface area contributed by atoms with Crippen LogP contribution in [0.2, 0.25) is 0 Å². The fourth-order valence-corrected chi connectivity index (χ4v) is 3.10. The third-order valence-corrected chi connectivity index (χ3v) is 3.93. The number of ether oxygens (including phenoxy) is 1. The third kappa shape index (κ3) is 3.06. The van der Waals surface area contributed by atoms with E-state index >= 15 is 0 Å².